The second kappa shape index (κ2) is 6.50. The molecule has 0 unspecified atom stereocenters. The Balaban J connectivity index is 1.45. The summed E-state index contributed by atoms with van der Waals surface area (Å²) in [5.74, 6) is 0.871. The van der Waals surface area contributed by atoms with Crippen molar-refractivity contribution < 1.29 is 0 Å². The molecular weight excluding hydrogens is 298 g/mol. The predicted octanol–water partition coefficient (Wildman–Crippen LogP) is 3.49. The molecular formula is C19H17N5. The van der Waals surface area contributed by atoms with Gasteiger partial charge in [-0.15, -0.1) is 0 Å². The van der Waals surface area contributed by atoms with E-state index in [0.717, 1.165) is 29.9 Å². The van der Waals surface area contributed by atoms with Gasteiger partial charge in [-0.3, -0.25) is 4.98 Å². The van der Waals surface area contributed by atoms with E-state index in [1.54, 1.807) is 6.20 Å². The van der Waals surface area contributed by atoms with Crippen molar-refractivity contribution >= 4 is 16.6 Å². The van der Waals surface area contributed by atoms with Crippen LogP contribution in [0.5, 0.6) is 0 Å². The lowest BCUT2D eigenvalue weighted by atomic mass is 10.1. The summed E-state index contributed by atoms with van der Waals surface area (Å²) in [4.78, 5) is 12.7. The average molecular weight is 315 g/mol. The molecule has 0 fully saturated rings. The van der Waals surface area contributed by atoms with Crippen LogP contribution in [-0.2, 0) is 13.1 Å². The quantitative estimate of drug-likeness (QED) is 0.612. The summed E-state index contributed by atoms with van der Waals surface area (Å²) in [6, 6.07) is 12.4. The Bertz CT molecular complexity index is 924. The number of nitrogens with one attached hydrogen (secondary N) is 1. The molecule has 0 saturated carbocycles. The van der Waals surface area contributed by atoms with Gasteiger partial charge in [0, 0.05) is 49.5 Å². The first kappa shape index (κ1) is 14.4. The fraction of sp³-hybridized carbons (Fsp3) is 0.105. The molecule has 5 nitrogen and oxygen atoms in total. The number of aromatic nitrogens is 4. The summed E-state index contributed by atoms with van der Waals surface area (Å²) in [5, 5.41) is 5.76. The van der Waals surface area contributed by atoms with E-state index in [2.05, 4.69) is 44.5 Å². The summed E-state index contributed by atoms with van der Waals surface area (Å²) in [6.07, 6.45) is 11.2. The van der Waals surface area contributed by atoms with Crippen molar-refractivity contribution in [3.63, 3.8) is 0 Å². The molecule has 0 amide bonds. The standard InChI is InChI=1S/C19H17N5/c1-2-16-11-20-7-6-18(16)17(3-1)12-23-19-5-4-15(10-22-19)13-24-9-8-21-14-24/h1-11,14H,12-13H2,(H,22,23). The monoisotopic (exact) mass is 315 g/mol. The van der Waals surface area contributed by atoms with Crippen LogP contribution in [0.3, 0.4) is 0 Å². The maximum Gasteiger partial charge on any atom is 0.126 e. The van der Waals surface area contributed by atoms with Crippen molar-refractivity contribution in [3.05, 3.63) is 84.8 Å². The summed E-state index contributed by atoms with van der Waals surface area (Å²) < 4.78 is 2.02. The van der Waals surface area contributed by atoms with Gasteiger partial charge in [-0.2, -0.15) is 0 Å². The van der Waals surface area contributed by atoms with Gasteiger partial charge in [0.2, 0.25) is 0 Å². The normalized spacial score (nSPS) is 10.8. The average Bonchev–Trinajstić information content (AvgIpc) is 3.14. The maximum atomic E-state index is 4.50. The van der Waals surface area contributed by atoms with Crippen LogP contribution in [0.2, 0.25) is 0 Å². The first-order chi connectivity index (χ1) is 11.9. The highest BCUT2D eigenvalue weighted by Crippen LogP contribution is 2.18. The molecule has 3 aromatic heterocycles. The highest BCUT2D eigenvalue weighted by molar-refractivity contribution is 5.84. The zero-order valence-corrected chi connectivity index (χ0v) is 13.1. The lowest BCUT2D eigenvalue weighted by Gasteiger charge is -2.09. The molecule has 3 heterocycles. The minimum atomic E-state index is 0.731. The zero-order chi connectivity index (χ0) is 16.2. The highest BCUT2D eigenvalue weighted by atomic mass is 15.0. The molecule has 4 aromatic rings. The van der Waals surface area contributed by atoms with Crippen molar-refractivity contribution in [3.8, 4) is 0 Å². The number of fused-ring (bicyclic) bond motifs is 1. The topological polar surface area (TPSA) is 55.6 Å². The van der Waals surface area contributed by atoms with E-state index in [4.69, 9.17) is 0 Å². The third-order valence-corrected chi connectivity index (χ3v) is 3.98. The molecule has 0 aliphatic rings. The third kappa shape index (κ3) is 3.10. The SMILES string of the molecule is c1cc(CNc2ccc(Cn3ccnc3)cn2)c2ccncc2c1. The Morgan fingerprint density at radius 1 is 0.958 bits per heavy atom. The van der Waals surface area contributed by atoms with Crippen LogP contribution in [0.25, 0.3) is 10.8 Å². The van der Waals surface area contributed by atoms with Crippen LogP contribution in [0.4, 0.5) is 5.82 Å². The molecule has 24 heavy (non-hydrogen) atoms. The van der Waals surface area contributed by atoms with Gasteiger partial charge in [0.15, 0.2) is 0 Å². The number of rotatable bonds is 5. The van der Waals surface area contributed by atoms with Gasteiger partial charge < -0.3 is 9.88 Å². The Morgan fingerprint density at radius 2 is 1.96 bits per heavy atom. The van der Waals surface area contributed by atoms with Crippen molar-refractivity contribution in [2.24, 2.45) is 0 Å². The fourth-order valence-electron chi connectivity index (χ4n) is 2.74. The summed E-state index contributed by atoms with van der Waals surface area (Å²) in [6.45, 7) is 1.51. The molecule has 0 spiro atoms. The largest absolute Gasteiger partial charge is 0.366 e. The molecule has 0 saturated heterocycles. The highest BCUT2D eigenvalue weighted by Gasteiger charge is 2.02. The number of anilines is 1. The van der Waals surface area contributed by atoms with Crippen molar-refractivity contribution in [1.82, 2.24) is 19.5 Å². The molecule has 118 valence electrons. The maximum absolute atomic E-state index is 4.50. The van der Waals surface area contributed by atoms with Crippen LogP contribution in [0.1, 0.15) is 11.1 Å². The second-order valence-electron chi connectivity index (χ2n) is 5.65. The van der Waals surface area contributed by atoms with Crippen molar-refractivity contribution in [1.29, 1.82) is 0 Å². The van der Waals surface area contributed by atoms with E-state index in [9.17, 15) is 0 Å². The van der Waals surface area contributed by atoms with Gasteiger partial charge in [-0.25, -0.2) is 9.97 Å². The molecule has 4 rings (SSSR count). The Labute approximate surface area is 140 Å². The van der Waals surface area contributed by atoms with Crippen molar-refractivity contribution in [2.75, 3.05) is 5.32 Å². The molecule has 0 aliphatic carbocycles. The number of hydrogen-bond acceptors (Lipinski definition) is 4. The van der Waals surface area contributed by atoms with Crippen LogP contribution >= 0.6 is 0 Å². The van der Waals surface area contributed by atoms with Crippen LogP contribution in [0.15, 0.2) is 73.7 Å². The number of imidazole rings is 1. The summed E-state index contributed by atoms with van der Waals surface area (Å²) >= 11 is 0. The molecule has 0 aliphatic heterocycles. The lowest BCUT2D eigenvalue weighted by molar-refractivity contribution is 0.793. The van der Waals surface area contributed by atoms with E-state index in [0.29, 0.717) is 0 Å². The Hall–Kier alpha value is -3.21. The van der Waals surface area contributed by atoms with E-state index >= 15 is 0 Å². The third-order valence-electron chi connectivity index (χ3n) is 3.98. The van der Waals surface area contributed by atoms with Gasteiger partial charge in [-0.05, 0) is 28.6 Å². The van der Waals surface area contributed by atoms with Gasteiger partial charge in [0.1, 0.15) is 5.82 Å². The van der Waals surface area contributed by atoms with Crippen LogP contribution < -0.4 is 5.32 Å². The van der Waals surface area contributed by atoms with Gasteiger partial charge in [0.25, 0.3) is 0 Å². The van der Waals surface area contributed by atoms with Crippen LogP contribution in [0, 0.1) is 0 Å². The number of pyridine rings is 2. The molecule has 1 N–H and O–H groups in total. The smallest absolute Gasteiger partial charge is 0.126 e. The first-order valence-electron chi connectivity index (χ1n) is 7.85. The summed E-state index contributed by atoms with van der Waals surface area (Å²) in [5.41, 5.74) is 2.38. The zero-order valence-electron chi connectivity index (χ0n) is 13.1. The van der Waals surface area contributed by atoms with Gasteiger partial charge in [-0.1, -0.05) is 24.3 Å². The molecule has 5 heteroatoms. The van der Waals surface area contributed by atoms with Gasteiger partial charge >= 0.3 is 0 Å². The molecule has 1 aromatic carbocycles. The van der Waals surface area contributed by atoms with E-state index in [-0.39, 0.29) is 0 Å². The second-order valence-corrected chi connectivity index (χ2v) is 5.65. The van der Waals surface area contributed by atoms with Gasteiger partial charge in [0.05, 0.1) is 6.33 Å². The number of benzene rings is 1. The predicted molar refractivity (Wildman–Crippen MR) is 94.6 cm³/mol. The van der Waals surface area contributed by atoms with Crippen LogP contribution in [-0.4, -0.2) is 19.5 Å². The minimum absolute atomic E-state index is 0.731. The van der Waals surface area contributed by atoms with E-state index < -0.39 is 0 Å². The van der Waals surface area contributed by atoms with E-state index in [1.807, 2.05) is 47.8 Å². The first-order valence-corrected chi connectivity index (χ1v) is 7.85. The number of hydrogen-bond donors (Lipinski definition) is 1. The van der Waals surface area contributed by atoms with E-state index in [1.165, 1.54) is 10.9 Å². The minimum Gasteiger partial charge on any atom is -0.366 e. The Kier molecular flexibility index (Phi) is 3.90. The summed E-state index contributed by atoms with van der Waals surface area (Å²) in [7, 11) is 0. The molecule has 0 atom stereocenters. The Morgan fingerprint density at radius 3 is 2.79 bits per heavy atom. The number of nitrogens with zero attached hydrogens (tertiary/aromatic N) is 4. The molecule has 0 bridgehead atoms. The lowest BCUT2D eigenvalue weighted by Crippen LogP contribution is -2.03. The van der Waals surface area contributed by atoms with Crippen molar-refractivity contribution in [2.45, 2.75) is 13.1 Å². The fourth-order valence-corrected chi connectivity index (χ4v) is 2.74. The molecule has 0 radical (unpaired) electrons.